The lowest BCUT2D eigenvalue weighted by atomic mass is 9.97. The van der Waals surface area contributed by atoms with E-state index in [4.69, 9.17) is 5.11 Å². The third-order valence-corrected chi connectivity index (χ3v) is 4.40. The normalized spacial score (nSPS) is 17.7. The Balaban J connectivity index is 1.99. The highest BCUT2D eigenvalue weighted by atomic mass is 16.4. The second kappa shape index (κ2) is 7.43. The van der Waals surface area contributed by atoms with Crippen molar-refractivity contribution in [3.8, 4) is 0 Å². The molecule has 1 aliphatic heterocycles. The fourth-order valence-electron chi connectivity index (χ4n) is 3.20. The van der Waals surface area contributed by atoms with Crippen LogP contribution in [-0.4, -0.2) is 28.4 Å². The second-order valence-corrected chi connectivity index (χ2v) is 6.21. The first-order valence-corrected chi connectivity index (χ1v) is 8.07. The lowest BCUT2D eigenvalue weighted by molar-refractivity contribution is -0.137. The van der Waals surface area contributed by atoms with Gasteiger partial charge in [0.05, 0.1) is 6.04 Å². The van der Waals surface area contributed by atoms with Crippen LogP contribution in [0.4, 0.5) is 0 Å². The molecule has 1 atom stereocenters. The van der Waals surface area contributed by atoms with Gasteiger partial charge in [-0.05, 0) is 50.7 Å². The molecule has 1 aromatic rings. The predicted octanol–water partition coefficient (Wildman–Crippen LogP) is 3.61. The summed E-state index contributed by atoms with van der Waals surface area (Å²) in [4.78, 5) is 24.9. The van der Waals surface area contributed by atoms with Gasteiger partial charge in [0.2, 0.25) is 5.91 Å². The standard InChI is InChI=1S/C18H25NO3/c1-13-9-10-14(2)15(12-13)16-6-5-11-19(16)17(20)7-3-4-8-18(21)22/h9-10,12,16H,3-8,11H2,1-2H3,(H,21,22). The van der Waals surface area contributed by atoms with Crippen LogP contribution in [0.3, 0.4) is 0 Å². The van der Waals surface area contributed by atoms with Crippen molar-refractivity contribution in [1.82, 2.24) is 4.90 Å². The van der Waals surface area contributed by atoms with E-state index in [9.17, 15) is 9.59 Å². The summed E-state index contributed by atoms with van der Waals surface area (Å²) in [6.45, 7) is 4.99. The van der Waals surface area contributed by atoms with E-state index in [1.54, 1.807) is 0 Å². The maximum absolute atomic E-state index is 12.4. The Hall–Kier alpha value is -1.84. The third-order valence-electron chi connectivity index (χ3n) is 4.40. The minimum absolute atomic E-state index is 0.147. The van der Waals surface area contributed by atoms with Crippen LogP contribution in [0.15, 0.2) is 18.2 Å². The molecule has 0 aliphatic carbocycles. The zero-order chi connectivity index (χ0) is 16.1. The van der Waals surface area contributed by atoms with Crippen molar-refractivity contribution in [3.63, 3.8) is 0 Å². The van der Waals surface area contributed by atoms with Gasteiger partial charge in [-0.1, -0.05) is 23.8 Å². The lowest BCUT2D eigenvalue weighted by Crippen LogP contribution is -2.30. The van der Waals surface area contributed by atoms with Crippen molar-refractivity contribution in [3.05, 3.63) is 34.9 Å². The average molecular weight is 303 g/mol. The number of rotatable bonds is 6. The van der Waals surface area contributed by atoms with E-state index in [2.05, 4.69) is 32.0 Å². The molecule has 22 heavy (non-hydrogen) atoms. The maximum Gasteiger partial charge on any atom is 0.303 e. The molecule has 1 amide bonds. The maximum atomic E-state index is 12.4. The Morgan fingerprint density at radius 2 is 1.95 bits per heavy atom. The number of carboxylic acid groups (broad SMARTS) is 1. The number of amides is 1. The first kappa shape index (κ1) is 16.5. The number of benzene rings is 1. The molecule has 4 nitrogen and oxygen atoms in total. The Morgan fingerprint density at radius 1 is 1.23 bits per heavy atom. The number of likely N-dealkylation sites (tertiary alicyclic amines) is 1. The molecule has 1 saturated heterocycles. The molecule has 0 spiro atoms. The molecule has 1 fully saturated rings. The van der Waals surface area contributed by atoms with Crippen LogP contribution >= 0.6 is 0 Å². The van der Waals surface area contributed by atoms with E-state index in [-0.39, 0.29) is 18.4 Å². The highest BCUT2D eigenvalue weighted by Gasteiger charge is 2.30. The van der Waals surface area contributed by atoms with Gasteiger partial charge in [0.1, 0.15) is 0 Å². The van der Waals surface area contributed by atoms with Gasteiger partial charge in [-0.3, -0.25) is 9.59 Å². The SMILES string of the molecule is Cc1ccc(C)c(C2CCCN2C(=O)CCCCC(=O)O)c1. The number of hydrogen-bond donors (Lipinski definition) is 1. The first-order valence-electron chi connectivity index (χ1n) is 8.07. The van der Waals surface area contributed by atoms with Crippen molar-refractivity contribution in [1.29, 1.82) is 0 Å². The number of carbonyl (C=O) groups is 2. The number of aliphatic carboxylic acids is 1. The Labute approximate surface area is 132 Å². The number of aryl methyl sites for hydroxylation is 2. The first-order chi connectivity index (χ1) is 10.5. The molecule has 120 valence electrons. The Kier molecular flexibility index (Phi) is 5.58. The highest BCUT2D eigenvalue weighted by Crippen LogP contribution is 2.34. The van der Waals surface area contributed by atoms with Gasteiger partial charge in [0.15, 0.2) is 0 Å². The molecule has 1 aliphatic rings. The van der Waals surface area contributed by atoms with Crippen LogP contribution in [0.1, 0.15) is 61.3 Å². The van der Waals surface area contributed by atoms with Crippen LogP contribution < -0.4 is 0 Å². The highest BCUT2D eigenvalue weighted by molar-refractivity contribution is 5.77. The number of carbonyl (C=O) groups excluding carboxylic acids is 1. The molecule has 0 aromatic heterocycles. The number of hydrogen-bond acceptors (Lipinski definition) is 2. The third kappa shape index (κ3) is 4.09. The zero-order valence-electron chi connectivity index (χ0n) is 13.5. The summed E-state index contributed by atoms with van der Waals surface area (Å²) >= 11 is 0. The monoisotopic (exact) mass is 303 g/mol. The van der Waals surface area contributed by atoms with Crippen molar-refractivity contribution >= 4 is 11.9 Å². The van der Waals surface area contributed by atoms with Gasteiger partial charge >= 0.3 is 5.97 Å². The summed E-state index contributed by atoms with van der Waals surface area (Å²) < 4.78 is 0. The smallest absolute Gasteiger partial charge is 0.303 e. The molecule has 4 heteroatoms. The topological polar surface area (TPSA) is 57.6 Å². The van der Waals surface area contributed by atoms with Crippen molar-refractivity contribution < 1.29 is 14.7 Å². The summed E-state index contributed by atoms with van der Waals surface area (Å²) in [6, 6.07) is 6.60. The lowest BCUT2D eigenvalue weighted by Gasteiger charge is -2.26. The average Bonchev–Trinajstić information content (AvgIpc) is 2.95. The molecule has 1 aromatic carbocycles. The molecule has 1 N–H and O–H groups in total. The van der Waals surface area contributed by atoms with Crippen LogP contribution in [0.25, 0.3) is 0 Å². The predicted molar refractivity (Wildman–Crippen MR) is 85.7 cm³/mol. The van der Waals surface area contributed by atoms with Crippen molar-refractivity contribution in [2.45, 2.75) is 58.4 Å². The number of carboxylic acids is 1. The van der Waals surface area contributed by atoms with Gasteiger partial charge in [0, 0.05) is 19.4 Å². The van der Waals surface area contributed by atoms with E-state index in [0.29, 0.717) is 19.3 Å². The van der Waals surface area contributed by atoms with Gasteiger partial charge in [-0.15, -0.1) is 0 Å². The summed E-state index contributed by atoms with van der Waals surface area (Å²) in [6.07, 6.45) is 3.89. The van der Waals surface area contributed by atoms with Crippen molar-refractivity contribution in [2.75, 3.05) is 6.54 Å². The molecule has 0 bridgehead atoms. The summed E-state index contributed by atoms with van der Waals surface area (Å²) in [5.74, 6) is -0.629. The second-order valence-electron chi connectivity index (χ2n) is 6.21. The minimum Gasteiger partial charge on any atom is -0.481 e. The molecule has 1 heterocycles. The fraction of sp³-hybridized carbons (Fsp3) is 0.556. The van der Waals surface area contributed by atoms with Crippen molar-refractivity contribution in [2.24, 2.45) is 0 Å². The molecule has 2 rings (SSSR count). The number of nitrogens with zero attached hydrogens (tertiary/aromatic N) is 1. The zero-order valence-corrected chi connectivity index (χ0v) is 13.5. The molecule has 1 unspecified atom stereocenters. The quantitative estimate of drug-likeness (QED) is 0.817. The van der Waals surface area contributed by atoms with Crippen LogP contribution in [0.2, 0.25) is 0 Å². The Morgan fingerprint density at radius 3 is 2.68 bits per heavy atom. The van der Waals surface area contributed by atoms with Gasteiger partial charge in [0.25, 0.3) is 0 Å². The molecular weight excluding hydrogens is 278 g/mol. The van der Waals surface area contributed by atoms with Gasteiger partial charge in [-0.25, -0.2) is 0 Å². The van der Waals surface area contributed by atoms with Crippen LogP contribution in [0.5, 0.6) is 0 Å². The van der Waals surface area contributed by atoms with E-state index in [0.717, 1.165) is 19.4 Å². The van der Waals surface area contributed by atoms with Gasteiger partial charge < -0.3 is 10.0 Å². The largest absolute Gasteiger partial charge is 0.481 e. The summed E-state index contributed by atoms with van der Waals surface area (Å²) in [5.41, 5.74) is 3.72. The van der Waals surface area contributed by atoms with E-state index >= 15 is 0 Å². The molecular formula is C18H25NO3. The fourth-order valence-corrected chi connectivity index (χ4v) is 3.20. The number of unbranched alkanes of at least 4 members (excludes halogenated alkanes) is 1. The van der Waals surface area contributed by atoms with Gasteiger partial charge in [-0.2, -0.15) is 0 Å². The summed E-state index contributed by atoms with van der Waals surface area (Å²) in [5, 5.41) is 8.64. The van der Waals surface area contributed by atoms with Crippen LogP contribution in [0, 0.1) is 13.8 Å². The summed E-state index contributed by atoms with van der Waals surface area (Å²) in [7, 11) is 0. The molecule has 0 radical (unpaired) electrons. The van der Waals surface area contributed by atoms with Crippen LogP contribution in [-0.2, 0) is 9.59 Å². The van der Waals surface area contributed by atoms with E-state index < -0.39 is 5.97 Å². The van der Waals surface area contributed by atoms with E-state index in [1.807, 2.05) is 4.90 Å². The Bertz CT molecular complexity index is 553. The molecule has 0 saturated carbocycles. The minimum atomic E-state index is -0.790. The van der Waals surface area contributed by atoms with E-state index in [1.165, 1.54) is 16.7 Å².